The summed E-state index contributed by atoms with van der Waals surface area (Å²) in [4.78, 5) is 29.8. The quantitative estimate of drug-likeness (QED) is 0.619. The van der Waals surface area contributed by atoms with E-state index >= 15 is 0 Å². The molecule has 0 saturated heterocycles. The van der Waals surface area contributed by atoms with Crippen molar-refractivity contribution in [3.8, 4) is 0 Å². The minimum Gasteiger partial charge on any atom is -0.326 e. The van der Waals surface area contributed by atoms with E-state index in [2.05, 4.69) is 15.0 Å². The number of benzene rings is 2. The first-order valence-corrected chi connectivity index (χ1v) is 11.6. The van der Waals surface area contributed by atoms with E-state index in [0.717, 1.165) is 24.1 Å². The zero-order chi connectivity index (χ0) is 22.7. The standard InChI is InChI=1S/C23H22N4O4S/c1-16(28)25-19-6-9-21(10-7-19)32(30,31)26-20-8-11-22-17(14-20)5-3-13-27(22)23(29)18-4-2-12-24-15-18/h2,4,6-12,14-15,26H,3,5,13H2,1H3,(H,25,28). The van der Waals surface area contributed by atoms with E-state index in [1.807, 2.05) is 0 Å². The lowest BCUT2D eigenvalue weighted by atomic mass is 10.0. The monoisotopic (exact) mass is 450 g/mol. The van der Waals surface area contributed by atoms with Gasteiger partial charge in [0.15, 0.2) is 0 Å². The number of rotatable bonds is 5. The topological polar surface area (TPSA) is 108 Å². The molecule has 0 spiro atoms. The molecule has 2 amide bonds. The van der Waals surface area contributed by atoms with Gasteiger partial charge in [-0.05, 0) is 73.0 Å². The van der Waals surface area contributed by atoms with Crippen molar-refractivity contribution in [1.82, 2.24) is 4.98 Å². The van der Waals surface area contributed by atoms with Gasteiger partial charge in [0.25, 0.3) is 15.9 Å². The summed E-state index contributed by atoms with van der Waals surface area (Å²) in [5.41, 5.74) is 3.12. The number of aryl methyl sites for hydroxylation is 1. The molecule has 2 aromatic carbocycles. The van der Waals surface area contributed by atoms with Crippen LogP contribution in [0.1, 0.15) is 29.3 Å². The van der Waals surface area contributed by atoms with Crippen LogP contribution < -0.4 is 14.9 Å². The molecule has 8 nitrogen and oxygen atoms in total. The number of anilines is 3. The summed E-state index contributed by atoms with van der Waals surface area (Å²) < 4.78 is 28.2. The van der Waals surface area contributed by atoms with Gasteiger partial charge in [0.1, 0.15) is 0 Å². The van der Waals surface area contributed by atoms with Crippen LogP contribution in [-0.4, -0.2) is 31.8 Å². The summed E-state index contributed by atoms with van der Waals surface area (Å²) in [6.07, 6.45) is 4.68. The Labute approximate surface area is 186 Å². The zero-order valence-electron chi connectivity index (χ0n) is 17.4. The van der Waals surface area contributed by atoms with Crippen LogP contribution >= 0.6 is 0 Å². The van der Waals surface area contributed by atoms with E-state index in [1.165, 1.54) is 37.4 Å². The minimum absolute atomic E-state index is 0.0812. The van der Waals surface area contributed by atoms with E-state index in [-0.39, 0.29) is 16.7 Å². The van der Waals surface area contributed by atoms with Gasteiger partial charge in [-0.2, -0.15) is 0 Å². The average molecular weight is 451 g/mol. The van der Waals surface area contributed by atoms with Crippen LogP contribution in [0.3, 0.4) is 0 Å². The summed E-state index contributed by atoms with van der Waals surface area (Å²) >= 11 is 0. The van der Waals surface area contributed by atoms with Crippen LogP contribution in [0.4, 0.5) is 17.1 Å². The highest BCUT2D eigenvalue weighted by Crippen LogP contribution is 2.31. The number of nitrogens with one attached hydrogen (secondary N) is 2. The highest BCUT2D eigenvalue weighted by molar-refractivity contribution is 7.92. The molecule has 0 atom stereocenters. The van der Waals surface area contributed by atoms with Crippen molar-refractivity contribution in [2.45, 2.75) is 24.7 Å². The van der Waals surface area contributed by atoms with Crippen LogP contribution in [0.5, 0.6) is 0 Å². The summed E-state index contributed by atoms with van der Waals surface area (Å²) in [6.45, 7) is 1.97. The highest BCUT2D eigenvalue weighted by atomic mass is 32.2. The van der Waals surface area contributed by atoms with E-state index < -0.39 is 10.0 Å². The zero-order valence-corrected chi connectivity index (χ0v) is 18.2. The molecule has 0 unspecified atom stereocenters. The Morgan fingerprint density at radius 2 is 1.78 bits per heavy atom. The number of hydrogen-bond acceptors (Lipinski definition) is 5. The van der Waals surface area contributed by atoms with Crippen molar-refractivity contribution in [2.24, 2.45) is 0 Å². The fraction of sp³-hybridized carbons (Fsp3) is 0.174. The lowest BCUT2D eigenvalue weighted by molar-refractivity contribution is -0.114. The first-order valence-electron chi connectivity index (χ1n) is 10.1. The molecule has 1 aliphatic rings. The van der Waals surface area contributed by atoms with Gasteiger partial charge in [0, 0.05) is 42.9 Å². The fourth-order valence-electron chi connectivity index (χ4n) is 3.65. The van der Waals surface area contributed by atoms with Crippen LogP contribution in [0.2, 0.25) is 0 Å². The van der Waals surface area contributed by atoms with Gasteiger partial charge in [-0.3, -0.25) is 19.3 Å². The van der Waals surface area contributed by atoms with Crippen molar-refractivity contribution in [3.63, 3.8) is 0 Å². The maximum Gasteiger partial charge on any atom is 0.261 e. The number of nitrogens with zero attached hydrogens (tertiary/aromatic N) is 2. The third kappa shape index (κ3) is 4.62. The van der Waals surface area contributed by atoms with E-state index in [4.69, 9.17) is 0 Å². The predicted molar refractivity (Wildman–Crippen MR) is 122 cm³/mol. The molecule has 2 N–H and O–H groups in total. The van der Waals surface area contributed by atoms with E-state index in [9.17, 15) is 18.0 Å². The van der Waals surface area contributed by atoms with Gasteiger partial charge in [0.05, 0.1) is 10.5 Å². The second kappa shape index (κ2) is 8.80. The molecular weight excluding hydrogens is 428 g/mol. The summed E-state index contributed by atoms with van der Waals surface area (Å²) in [6, 6.07) is 14.6. The Morgan fingerprint density at radius 3 is 2.47 bits per heavy atom. The van der Waals surface area contributed by atoms with Gasteiger partial charge < -0.3 is 10.2 Å². The molecule has 0 radical (unpaired) electrons. The average Bonchev–Trinajstić information content (AvgIpc) is 2.78. The Hall–Kier alpha value is -3.72. The SMILES string of the molecule is CC(=O)Nc1ccc(S(=O)(=O)Nc2ccc3c(c2)CCCN3C(=O)c2cccnc2)cc1. The lowest BCUT2D eigenvalue weighted by Crippen LogP contribution is -2.35. The van der Waals surface area contributed by atoms with Gasteiger partial charge in [-0.1, -0.05) is 0 Å². The molecule has 4 rings (SSSR count). The maximum atomic E-state index is 12.9. The molecule has 2 heterocycles. The molecule has 9 heteroatoms. The van der Waals surface area contributed by atoms with Crippen LogP contribution in [-0.2, 0) is 21.2 Å². The van der Waals surface area contributed by atoms with Gasteiger partial charge in [-0.15, -0.1) is 0 Å². The third-order valence-electron chi connectivity index (χ3n) is 5.09. The van der Waals surface area contributed by atoms with Gasteiger partial charge >= 0.3 is 0 Å². The normalized spacial score (nSPS) is 13.2. The fourth-order valence-corrected chi connectivity index (χ4v) is 4.70. The molecule has 32 heavy (non-hydrogen) atoms. The first-order chi connectivity index (χ1) is 15.3. The van der Waals surface area contributed by atoms with Crippen LogP contribution in [0, 0.1) is 0 Å². The number of sulfonamides is 1. The Kier molecular flexibility index (Phi) is 5.91. The molecule has 1 aliphatic heterocycles. The van der Waals surface area contributed by atoms with Crippen molar-refractivity contribution in [2.75, 3.05) is 21.5 Å². The third-order valence-corrected chi connectivity index (χ3v) is 6.49. The number of hydrogen-bond donors (Lipinski definition) is 2. The highest BCUT2D eigenvalue weighted by Gasteiger charge is 2.24. The molecular formula is C23H22N4O4S. The first kappa shape index (κ1) is 21.5. The van der Waals surface area contributed by atoms with Crippen molar-refractivity contribution < 1.29 is 18.0 Å². The Bertz CT molecular complexity index is 1260. The van der Waals surface area contributed by atoms with Crippen molar-refractivity contribution in [3.05, 3.63) is 78.1 Å². The van der Waals surface area contributed by atoms with Crippen LogP contribution in [0.25, 0.3) is 0 Å². The van der Waals surface area contributed by atoms with Crippen LogP contribution in [0.15, 0.2) is 71.9 Å². The van der Waals surface area contributed by atoms with Gasteiger partial charge in [0.2, 0.25) is 5.91 Å². The summed E-state index contributed by atoms with van der Waals surface area (Å²) in [7, 11) is -3.81. The Balaban J connectivity index is 1.55. The number of amides is 2. The molecule has 0 aliphatic carbocycles. The predicted octanol–water partition coefficient (Wildman–Crippen LogP) is 3.43. The summed E-state index contributed by atoms with van der Waals surface area (Å²) in [5.74, 6) is -0.365. The minimum atomic E-state index is -3.81. The summed E-state index contributed by atoms with van der Waals surface area (Å²) in [5, 5.41) is 2.60. The number of pyridine rings is 1. The second-order valence-corrected chi connectivity index (χ2v) is 9.14. The largest absolute Gasteiger partial charge is 0.326 e. The molecule has 0 bridgehead atoms. The van der Waals surface area contributed by atoms with E-state index in [1.54, 1.807) is 41.4 Å². The van der Waals surface area contributed by atoms with Gasteiger partial charge in [-0.25, -0.2) is 8.42 Å². The lowest BCUT2D eigenvalue weighted by Gasteiger charge is -2.30. The maximum absolute atomic E-state index is 12.9. The smallest absolute Gasteiger partial charge is 0.261 e. The molecule has 1 aromatic heterocycles. The second-order valence-electron chi connectivity index (χ2n) is 7.46. The van der Waals surface area contributed by atoms with Crippen molar-refractivity contribution in [1.29, 1.82) is 0 Å². The van der Waals surface area contributed by atoms with E-state index in [0.29, 0.717) is 23.5 Å². The number of fused-ring (bicyclic) bond motifs is 1. The molecule has 3 aromatic rings. The molecule has 0 saturated carbocycles. The number of aromatic nitrogens is 1. The molecule has 0 fully saturated rings. The van der Waals surface area contributed by atoms with Crippen molar-refractivity contribution >= 4 is 38.9 Å². The number of carbonyl (C=O) groups is 2. The Morgan fingerprint density at radius 1 is 1.03 bits per heavy atom. The molecule has 164 valence electrons. The number of carbonyl (C=O) groups excluding carboxylic acids is 2.